The monoisotopic (exact) mass is 468 g/mol. The van der Waals surface area contributed by atoms with E-state index in [2.05, 4.69) is 10.6 Å². The molecule has 0 aliphatic carbocycles. The van der Waals surface area contributed by atoms with Gasteiger partial charge in [0.1, 0.15) is 0 Å². The standard InChI is InChI=1S/C25H29ClN4O3/c26-20-9-10-21(25(33)30-13-3-4-14-30)22(15-20)27-17-23(31)28-16-18-5-7-19(8-6-18)24(32)29-11-1-2-12-29/h5-10,15,27H,1-4,11-14,16-17H2,(H,28,31). The van der Waals surface area contributed by atoms with E-state index in [1.165, 1.54) is 0 Å². The van der Waals surface area contributed by atoms with Crippen molar-refractivity contribution < 1.29 is 14.4 Å². The summed E-state index contributed by atoms with van der Waals surface area (Å²) in [5.41, 5.74) is 2.66. The van der Waals surface area contributed by atoms with Crippen molar-refractivity contribution in [3.05, 3.63) is 64.2 Å². The Morgan fingerprint density at radius 3 is 2.06 bits per heavy atom. The van der Waals surface area contributed by atoms with Crippen molar-refractivity contribution in [1.82, 2.24) is 15.1 Å². The van der Waals surface area contributed by atoms with Crippen LogP contribution in [0.3, 0.4) is 0 Å². The molecule has 4 rings (SSSR count). The van der Waals surface area contributed by atoms with Crippen molar-refractivity contribution >= 4 is 35.0 Å². The lowest BCUT2D eigenvalue weighted by molar-refractivity contribution is -0.119. The van der Waals surface area contributed by atoms with E-state index in [1.54, 1.807) is 18.2 Å². The van der Waals surface area contributed by atoms with Gasteiger partial charge < -0.3 is 20.4 Å². The van der Waals surface area contributed by atoms with Crippen LogP contribution in [-0.4, -0.2) is 60.2 Å². The van der Waals surface area contributed by atoms with Crippen LogP contribution in [0.5, 0.6) is 0 Å². The molecule has 0 unspecified atom stereocenters. The predicted molar refractivity (Wildman–Crippen MR) is 129 cm³/mol. The zero-order valence-electron chi connectivity index (χ0n) is 18.6. The Balaban J connectivity index is 1.29. The normalized spacial score (nSPS) is 15.5. The van der Waals surface area contributed by atoms with Crippen molar-refractivity contribution in [3.8, 4) is 0 Å². The summed E-state index contributed by atoms with van der Waals surface area (Å²) in [6.07, 6.45) is 4.15. The van der Waals surface area contributed by atoms with Gasteiger partial charge in [-0.2, -0.15) is 0 Å². The molecule has 2 aromatic carbocycles. The fourth-order valence-electron chi connectivity index (χ4n) is 4.25. The van der Waals surface area contributed by atoms with Crippen molar-refractivity contribution in [2.24, 2.45) is 0 Å². The Kier molecular flexibility index (Phi) is 7.50. The van der Waals surface area contributed by atoms with Gasteiger partial charge in [0, 0.05) is 49.0 Å². The quantitative estimate of drug-likeness (QED) is 0.651. The Bertz CT molecular complexity index is 1010. The molecule has 0 radical (unpaired) electrons. The summed E-state index contributed by atoms with van der Waals surface area (Å²) in [6.45, 7) is 3.52. The van der Waals surface area contributed by atoms with Crippen LogP contribution in [0.25, 0.3) is 0 Å². The number of halogens is 1. The van der Waals surface area contributed by atoms with Gasteiger partial charge in [-0.15, -0.1) is 0 Å². The molecule has 2 aliphatic heterocycles. The highest BCUT2D eigenvalue weighted by Crippen LogP contribution is 2.24. The van der Waals surface area contributed by atoms with E-state index in [-0.39, 0.29) is 24.3 Å². The summed E-state index contributed by atoms with van der Waals surface area (Å²) in [5.74, 6) is -0.185. The number of carbonyl (C=O) groups is 3. The number of carbonyl (C=O) groups excluding carboxylic acids is 3. The molecule has 3 amide bonds. The van der Waals surface area contributed by atoms with E-state index in [9.17, 15) is 14.4 Å². The molecular formula is C25H29ClN4O3. The molecule has 8 heteroatoms. The van der Waals surface area contributed by atoms with Gasteiger partial charge in [-0.25, -0.2) is 0 Å². The van der Waals surface area contributed by atoms with Crippen LogP contribution in [-0.2, 0) is 11.3 Å². The van der Waals surface area contributed by atoms with Crippen molar-refractivity contribution in [1.29, 1.82) is 0 Å². The number of likely N-dealkylation sites (tertiary alicyclic amines) is 2. The van der Waals surface area contributed by atoms with Gasteiger partial charge in [-0.1, -0.05) is 23.7 Å². The van der Waals surface area contributed by atoms with Gasteiger partial charge in [0.25, 0.3) is 11.8 Å². The molecule has 2 fully saturated rings. The fourth-order valence-corrected chi connectivity index (χ4v) is 4.42. The Labute approximate surface area is 199 Å². The van der Waals surface area contributed by atoms with Crippen LogP contribution in [0, 0.1) is 0 Å². The zero-order chi connectivity index (χ0) is 23.2. The Morgan fingerprint density at radius 2 is 1.42 bits per heavy atom. The topological polar surface area (TPSA) is 81.8 Å². The first-order chi connectivity index (χ1) is 16.0. The van der Waals surface area contributed by atoms with Gasteiger partial charge in [-0.3, -0.25) is 14.4 Å². The van der Waals surface area contributed by atoms with Crippen LogP contribution in [0.15, 0.2) is 42.5 Å². The molecule has 2 heterocycles. The molecule has 0 bridgehead atoms. The smallest absolute Gasteiger partial charge is 0.255 e. The number of rotatable bonds is 7. The summed E-state index contributed by atoms with van der Waals surface area (Å²) in [4.78, 5) is 41.3. The summed E-state index contributed by atoms with van der Waals surface area (Å²) in [5, 5.41) is 6.42. The molecule has 7 nitrogen and oxygen atoms in total. The largest absolute Gasteiger partial charge is 0.375 e. The molecule has 33 heavy (non-hydrogen) atoms. The van der Waals surface area contributed by atoms with Gasteiger partial charge >= 0.3 is 0 Å². The lowest BCUT2D eigenvalue weighted by Crippen LogP contribution is -2.31. The van der Waals surface area contributed by atoms with Gasteiger partial charge in [0.05, 0.1) is 12.1 Å². The lowest BCUT2D eigenvalue weighted by Gasteiger charge is -2.18. The maximum Gasteiger partial charge on any atom is 0.255 e. The maximum absolute atomic E-state index is 12.8. The highest BCUT2D eigenvalue weighted by Gasteiger charge is 2.22. The second-order valence-electron chi connectivity index (χ2n) is 8.52. The maximum atomic E-state index is 12.8. The first-order valence-corrected chi connectivity index (χ1v) is 11.9. The van der Waals surface area contributed by atoms with Gasteiger partial charge in [-0.05, 0) is 61.6 Å². The number of anilines is 1. The molecule has 2 saturated heterocycles. The number of hydrogen-bond donors (Lipinski definition) is 2. The summed E-state index contributed by atoms with van der Waals surface area (Å²) < 4.78 is 0. The van der Waals surface area contributed by atoms with Crippen LogP contribution in [0.4, 0.5) is 5.69 Å². The molecular weight excluding hydrogens is 440 g/mol. The van der Waals surface area contributed by atoms with E-state index >= 15 is 0 Å². The minimum atomic E-state index is -0.202. The summed E-state index contributed by atoms with van der Waals surface area (Å²) >= 11 is 6.12. The highest BCUT2D eigenvalue weighted by molar-refractivity contribution is 6.31. The third-order valence-electron chi connectivity index (χ3n) is 6.13. The number of nitrogens with one attached hydrogen (secondary N) is 2. The van der Waals surface area contributed by atoms with Crippen LogP contribution >= 0.6 is 11.6 Å². The minimum absolute atomic E-state index is 0.0200. The predicted octanol–water partition coefficient (Wildman–Crippen LogP) is 3.54. The second-order valence-corrected chi connectivity index (χ2v) is 8.95. The van der Waals surface area contributed by atoms with Gasteiger partial charge in [0.15, 0.2) is 0 Å². The number of amides is 3. The van der Waals surface area contributed by atoms with Crippen molar-refractivity contribution in [3.63, 3.8) is 0 Å². The average Bonchev–Trinajstić information content (AvgIpc) is 3.56. The second kappa shape index (κ2) is 10.7. The molecule has 2 aliphatic rings. The fraction of sp³-hybridized carbons (Fsp3) is 0.400. The van der Waals surface area contributed by atoms with Crippen LogP contribution < -0.4 is 10.6 Å². The minimum Gasteiger partial charge on any atom is -0.375 e. The summed E-state index contributed by atoms with van der Waals surface area (Å²) in [6, 6.07) is 12.4. The lowest BCUT2D eigenvalue weighted by atomic mass is 10.1. The molecule has 0 aromatic heterocycles. The Hall–Kier alpha value is -3.06. The molecule has 174 valence electrons. The third-order valence-corrected chi connectivity index (χ3v) is 6.36. The highest BCUT2D eigenvalue weighted by atomic mass is 35.5. The van der Waals surface area contributed by atoms with E-state index < -0.39 is 0 Å². The molecule has 0 saturated carbocycles. The van der Waals surface area contributed by atoms with E-state index in [4.69, 9.17) is 11.6 Å². The van der Waals surface area contributed by atoms with Crippen LogP contribution in [0.1, 0.15) is 52.0 Å². The SMILES string of the molecule is O=C(CNc1cc(Cl)ccc1C(=O)N1CCCC1)NCc1ccc(C(=O)N2CCCC2)cc1. The molecule has 0 spiro atoms. The molecule has 2 aromatic rings. The first kappa shape index (κ1) is 23.1. The van der Waals surface area contributed by atoms with Gasteiger partial charge in [0.2, 0.25) is 5.91 Å². The van der Waals surface area contributed by atoms with Crippen molar-refractivity contribution in [2.45, 2.75) is 32.2 Å². The van der Waals surface area contributed by atoms with Crippen molar-refractivity contribution in [2.75, 3.05) is 38.0 Å². The zero-order valence-corrected chi connectivity index (χ0v) is 19.4. The van der Waals surface area contributed by atoms with E-state index in [0.29, 0.717) is 28.4 Å². The summed E-state index contributed by atoms with van der Waals surface area (Å²) in [7, 11) is 0. The first-order valence-electron chi connectivity index (χ1n) is 11.5. The Morgan fingerprint density at radius 1 is 0.818 bits per heavy atom. The number of hydrogen-bond acceptors (Lipinski definition) is 4. The number of benzene rings is 2. The molecule has 0 atom stereocenters. The average molecular weight is 469 g/mol. The molecule has 2 N–H and O–H groups in total. The van der Waals surface area contributed by atoms with E-state index in [0.717, 1.165) is 57.4 Å². The third kappa shape index (κ3) is 5.85. The van der Waals surface area contributed by atoms with Crippen LogP contribution in [0.2, 0.25) is 5.02 Å². The number of nitrogens with zero attached hydrogens (tertiary/aromatic N) is 2. The van der Waals surface area contributed by atoms with E-state index in [1.807, 2.05) is 34.1 Å².